The number of nitrogens with zero attached hydrogens (tertiary/aromatic N) is 5. The highest BCUT2D eigenvalue weighted by molar-refractivity contribution is 5.32. The summed E-state index contributed by atoms with van der Waals surface area (Å²) in [6.07, 6.45) is 2.25. The predicted octanol–water partition coefficient (Wildman–Crippen LogP) is 1.12. The minimum Gasteiger partial charge on any atom is -0.322 e. The van der Waals surface area contributed by atoms with Crippen LogP contribution in [0, 0.1) is 11.3 Å². The van der Waals surface area contributed by atoms with Gasteiger partial charge in [0.1, 0.15) is 6.07 Å². The van der Waals surface area contributed by atoms with Gasteiger partial charge in [-0.15, -0.1) is 5.10 Å². The molecule has 0 saturated heterocycles. The minimum absolute atomic E-state index is 0.227. The number of aryl methyl sites for hydroxylation is 1. The Kier molecular flexibility index (Phi) is 3.35. The Balaban J connectivity index is 2.48. The molecule has 0 aliphatic heterocycles. The molecule has 0 spiro atoms. The summed E-state index contributed by atoms with van der Waals surface area (Å²) in [7, 11) is 0. The lowest BCUT2D eigenvalue weighted by molar-refractivity contribution is 0.680. The zero-order valence-corrected chi connectivity index (χ0v) is 10.3. The van der Waals surface area contributed by atoms with Gasteiger partial charge in [0.15, 0.2) is 17.5 Å². The molecule has 2 aromatic rings. The first-order valence-electron chi connectivity index (χ1n) is 5.73. The first-order valence-corrected chi connectivity index (χ1v) is 5.73. The second kappa shape index (κ2) is 4.94. The Morgan fingerprint density at radius 1 is 1.50 bits per heavy atom. The van der Waals surface area contributed by atoms with Gasteiger partial charge in [0.05, 0.1) is 11.6 Å². The Morgan fingerprint density at radius 2 is 2.28 bits per heavy atom. The van der Waals surface area contributed by atoms with Crippen molar-refractivity contribution < 1.29 is 0 Å². The molecule has 0 radical (unpaired) electrons. The number of aromatic nitrogens is 4. The molecule has 2 heterocycles. The summed E-state index contributed by atoms with van der Waals surface area (Å²) < 4.78 is 1.63. The van der Waals surface area contributed by atoms with E-state index in [1.165, 1.54) is 6.20 Å². The standard InChI is InChI=1S/C12H14N6/c1-3-10-16-12(8(2)14)18(17-10)11-5-4-9(6-13)7-15-11/h4-5,7-8H,3,14H2,1-2H3/t8-/m0/s1. The van der Waals surface area contributed by atoms with Gasteiger partial charge in [0.2, 0.25) is 0 Å². The van der Waals surface area contributed by atoms with Crippen LogP contribution in [0.25, 0.3) is 5.82 Å². The van der Waals surface area contributed by atoms with Gasteiger partial charge < -0.3 is 5.73 Å². The second-order valence-electron chi connectivity index (χ2n) is 3.96. The Hall–Kier alpha value is -2.26. The number of nitriles is 1. The lowest BCUT2D eigenvalue weighted by Gasteiger charge is -2.06. The smallest absolute Gasteiger partial charge is 0.155 e. The molecule has 0 amide bonds. The van der Waals surface area contributed by atoms with Crippen molar-refractivity contribution in [3.8, 4) is 11.9 Å². The first-order chi connectivity index (χ1) is 8.65. The highest BCUT2D eigenvalue weighted by Gasteiger charge is 2.14. The molecule has 18 heavy (non-hydrogen) atoms. The summed E-state index contributed by atoms with van der Waals surface area (Å²) in [5.74, 6) is 2.02. The molecule has 2 aromatic heterocycles. The monoisotopic (exact) mass is 242 g/mol. The minimum atomic E-state index is -0.227. The maximum atomic E-state index is 8.74. The van der Waals surface area contributed by atoms with Crippen molar-refractivity contribution >= 4 is 0 Å². The molecule has 92 valence electrons. The van der Waals surface area contributed by atoms with Crippen molar-refractivity contribution in [3.05, 3.63) is 35.5 Å². The SMILES string of the molecule is CCc1nc([C@H](C)N)n(-c2ccc(C#N)cn2)n1. The molecule has 2 rings (SSSR count). The van der Waals surface area contributed by atoms with Gasteiger partial charge in [-0.25, -0.2) is 9.97 Å². The Labute approximate surface area is 105 Å². The molecule has 0 aliphatic rings. The summed E-state index contributed by atoms with van der Waals surface area (Å²) in [6.45, 7) is 3.83. The van der Waals surface area contributed by atoms with Crippen LogP contribution in [0.4, 0.5) is 0 Å². The molecule has 0 unspecified atom stereocenters. The van der Waals surface area contributed by atoms with Crippen LogP contribution in [0.3, 0.4) is 0 Å². The summed E-state index contributed by atoms with van der Waals surface area (Å²) in [4.78, 5) is 8.56. The maximum Gasteiger partial charge on any atom is 0.155 e. The van der Waals surface area contributed by atoms with Crippen LogP contribution in [-0.2, 0) is 6.42 Å². The van der Waals surface area contributed by atoms with Crippen LogP contribution in [0.1, 0.15) is 37.1 Å². The predicted molar refractivity (Wildman–Crippen MR) is 65.8 cm³/mol. The zero-order chi connectivity index (χ0) is 13.1. The van der Waals surface area contributed by atoms with Crippen molar-refractivity contribution in [2.45, 2.75) is 26.3 Å². The fraction of sp³-hybridized carbons (Fsp3) is 0.333. The van der Waals surface area contributed by atoms with Crippen molar-refractivity contribution in [1.29, 1.82) is 5.26 Å². The zero-order valence-electron chi connectivity index (χ0n) is 10.3. The molecule has 6 nitrogen and oxygen atoms in total. The van der Waals surface area contributed by atoms with E-state index in [-0.39, 0.29) is 6.04 Å². The van der Waals surface area contributed by atoms with Crippen molar-refractivity contribution in [3.63, 3.8) is 0 Å². The van der Waals surface area contributed by atoms with E-state index in [9.17, 15) is 0 Å². The first kappa shape index (κ1) is 12.2. The van der Waals surface area contributed by atoms with E-state index in [1.54, 1.807) is 16.8 Å². The van der Waals surface area contributed by atoms with Gasteiger partial charge >= 0.3 is 0 Å². The van der Waals surface area contributed by atoms with Crippen LogP contribution in [0.5, 0.6) is 0 Å². The third-order valence-corrected chi connectivity index (χ3v) is 2.49. The lowest BCUT2D eigenvalue weighted by Crippen LogP contribution is -2.14. The van der Waals surface area contributed by atoms with E-state index in [0.29, 0.717) is 17.2 Å². The second-order valence-corrected chi connectivity index (χ2v) is 3.96. The highest BCUT2D eigenvalue weighted by Crippen LogP contribution is 2.13. The van der Waals surface area contributed by atoms with Crippen LogP contribution < -0.4 is 5.73 Å². The van der Waals surface area contributed by atoms with Crippen molar-refractivity contribution in [2.75, 3.05) is 0 Å². The van der Waals surface area contributed by atoms with Crippen molar-refractivity contribution in [2.24, 2.45) is 5.73 Å². The molecule has 2 N–H and O–H groups in total. The molecular weight excluding hydrogens is 228 g/mol. The average molecular weight is 242 g/mol. The van der Waals surface area contributed by atoms with Gasteiger partial charge in [-0.3, -0.25) is 0 Å². The number of nitrogens with two attached hydrogens (primary N) is 1. The molecule has 0 aromatic carbocycles. The molecule has 0 fully saturated rings. The van der Waals surface area contributed by atoms with E-state index in [4.69, 9.17) is 11.0 Å². The molecule has 6 heteroatoms. The van der Waals surface area contributed by atoms with Crippen molar-refractivity contribution in [1.82, 2.24) is 19.7 Å². The third-order valence-electron chi connectivity index (χ3n) is 2.49. The largest absolute Gasteiger partial charge is 0.322 e. The van der Waals surface area contributed by atoms with E-state index >= 15 is 0 Å². The Morgan fingerprint density at radius 3 is 2.78 bits per heavy atom. The normalized spacial score (nSPS) is 12.1. The summed E-state index contributed by atoms with van der Waals surface area (Å²) in [5, 5.41) is 13.1. The van der Waals surface area contributed by atoms with Gasteiger partial charge in [0, 0.05) is 12.6 Å². The van der Waals surface area contributed by atoms with Gasteiger partial charge in [0.25, 0.3) is 0 Å². The van der Waals surface area contributed by atoms with E-state index in [1.807, 2.05) is 19.9 Å². The van der Waals surface area contributed by atoms with Gasteiger partial charge in [-0.05, 0) is 19.1 Å². The molecule has 0 bridgehead atoms. The summed E-state index contributed by atoms with van der Waals surface area (Å²) >= 11 is 0. The summed E-state index contributed by atoms with van der Waals surface area (Å²) in [5.41, 5.74) is 6.38. The van der Waals surface area contributed by atoms with Gasteiger partial charge in [-0.2, -0.15) is 9.94 Å². The van der Waals surface area contributed by atoms with E-state index < -0.39 is 0 Å². The quantitative estimate of drug-likeness (QED) is 0.870. The molecular formula is C12H14N6. The van der Waals surface area contributed by atoms with E-state index in [0.717, 1.165) is 12.2 Å². The van der Waals surface area contributed by atoms with Crippen LogP contribution >= 0.6 is 0 Å². The van der Waals surface area contributed by atoms with Gasteiger partial charge in [-0.1, -0.05) is 6.92 Å². The molecule has 0 aliphatic carbocycles. The number of hydrogen-bond donors (Lipinski definition) is 1. The van der Waals surface area contributed by atoms with Crippen LogP contribution in [0.2, 0.25) is 0 Å². The summed E-state index contributed by atoms with van der Waals surface area (Å²) in [6, 6.07) is 5.23. The van der Waals surface area contributed by atoms with Crippen LogP contribution in [0.15, 0.2) is 18.3 Å². The van der Waals surface area contributed by atoms with E-state index in [2.05, 4.69) is 15.1 Å². The number of rotatable bonds is 3. The average Bonchev–Trinajstić information content (AvgIpc) is 2.83. The maximum absolute atomic E-state index is 8.74. The molecule has 0 saturated carbocycles. The molecule has 1 atom stereocenters. The topological polar surface area (TPSA) is 93.4 Å². The fourth-order valence-electron chi connectivity index (χ4n) is 1.56. The lowest BCUT2D eigenvalue weighted by atomic mass is 10.3. The number of pyridine rings is 1. The third kappa shape index (κ3) is 2.21. The van der Waals surface area contributed by atoms with Crippen LogP contribution in [-0.4, -0.2) is 19.7 Å². The Bertz CT molecular complexity index is 576. The number of hydrogen-bond acceptors (Lipinski definition) is 5. The highest BCUT2D eigenvalue weighted by atomic mass is 15.4. The fourth-order valence-corrected chi connectivity index (χ4v) is 1.56.